The van der Waals surface area contributed by atoms with Crippen molar-refractivity contribution in [2.24, 2.45) is 0 Å². The Labute approximate surface area is 157 Å². The van der Waals surface area contributed by atoms with Crippen molar-refractivity contribution in [3.8, 4) is 11.8 Å². The van der Waals surface area contributed by atoms with Crippen molar-refractivity contribution < 1.29 is 9.53 Å². The number of nitriles is 1. The summed E-state index contributed by atoms with van der Waals surface area (Å²) in [5, 5.41) is 15.1. The molecule has 6 nitrogen and oxygen atoms in total. The number of anilines is 3. The number of pyridine rings is 1. The summed E-state index contributed by atoms with van der Waals surface area (Å²) in [7, 11) is 0. The normalized spacial score (nSPS) is 9.93. The van der Waals surface area contributed by atoms with E-state index in [1.165, 1.54) is 6.20 Å². The van der Waals surface area contributed by atoms with Gasteiger partial charge in [0.2, 0.25) is 0 Å². The molecule has 0 fully saturated rings. The first-order valence-corrected chi connectivity index (χ1v) is 8.46. The molecule has 0 aliphatic heterocycles. The SMILES string of the molecule is CCOc1ccccc1NC(=O)c1ccc(Nc2ccccc2C#N)nc1. The van der Waals surface area contributed by atoms with Gasteiger partial charge in [0.15, 0.2) is 0 Å². The second kappa shape index (κ2) is 8.50. The number of hydrogen-bond acceptors (Lipinski definition) is 5. The third-order valence-electron chi connectivity index (χ3n) is 3.77. The first-order valence-electron chi connectivity index (χ1n) is 8.46. The molecule has 0 aliphatic carbocycles. The molecule has 0 saturated carbocycles. The molecule has 0 atom stereocenters. The van der Waals surface area contributed by atoms with Crippen molar-refractivity contribution in [3.05, 3.63) is 78.0 Å². The topological polar surface area (TPSA) is 87.0 Å². The van der Waals surface area contributed by atoms with Gasteiger partial charge in [0.25, 0.3) is 5.91 Å². The molecule has 0 bridgehead atoms. The van der Waals surface area contributed by atoms with Crippen molar-refractivity contribution in [1.82, 2.24) is 4.98 Å². The third kappa shape index (κ3) is 4.41. The van der Waals surface area contributed by atoms with Gasteiger partial charge in [-0.2, -0.15) is 5.26 Å². The van der Waals surface area contributed by atoms with Gasteiger partial charge < -0.3 is 15.4 Å². The lowest BCUT2D eigenvalue weighted by molar-refractivity contribution is 0.102. The largest absolute Gasteiger partial charge is 0.492 e. The van der Waals surface area contributed by atoms with E-state index in [1.54, 1.807) is 42.5 Å². The zero-order valence-electron chi connectivity index (χ0n) is 14.8. The second-order valence-electron chi connectivity index (χ2n) is 5.60. The van der Waals surface area contributed by atoms with Crippen LogP contribution in [0.4, 0.5) is 17.2 Å². The third-order valence-corrected chi connectivity index (χ3v) is 3.77. The van der Waals surface area contributed by atoms with Gasteiger partial charge >= 0.3 is 0 Å². The van der Waals surface area contributed by atoms with E-state index in [0.717, 1.165) is 0 Å². The van der Waals surface area contributed by atoms with Crippen molar-refractivity contribution in [2.45, 2.75) is 6.92 Å². The lowest BCUT2D eigenvalue weighted by Crippen LogP contribution is -2.13. The smallest absolute Gasteiger partial charge is 0.257 e. The van der Waals surface area contributed by atoms with Crippen LogP contribution < -0.4 is 15.4 Å². The Morgan fingerprint density at radius 3 is 2.52 bits per heavy atom. The molecule has 0 unspecified atom stereocenters. The fourth-order valence-corrected chi connectivity index (χ4v) is 2.48. The number of para-hydroxylation sites is 3. The molecule has 3 aromatic rings. The summed E-state index contributed by atoms with van der Waals surface area (Å²) in [6.07, 6.45) is 1.48. The Balaban J connectivity index is 1.72. The minimum absolute atomic E-state index is 0.279. The fraction of sp³-hybridized carbons (Fsp3) is 0.0952. The highest BCUT2D eigenvalue weighted by Gasteiger charge is 2.10. The van der Waals surface area contributed by atoms with Crippen LogP contribution in [0.25, 0.3) is 0 Å². The monoisotopic (exact) mass is 358 g/mol. The summed E-state index contributed by atoms with van der Waals surface area (Å²) >= 11 is 0. The number of ether oxygens (including phenoxy) is 1. The van der Waals surface area contributed by atoms with E-state index in [-0.39, 0.29) is 5.91 Å². The average Bonchev–Trinajstić information content (AvgIpc) is 2.70. The average molecular weight is 358 g/mol. The number of carbonyl (C=O) groups is 1. The van der Waals surface area contributed by atoms with Gasteiger partial charge in [0.1, 0.15) is 17.6 Å². The van der Waals surface area contributed by atoms with Crippen molar-refractivity contribution in [2.75, 3.05) is 17.2 Å². The Morgan fingerprint density at radius 2 is 1.81 bits per heavy atom. The minimum atomic E-state index is -0.279. The molecule has 1 aromatic heterocycles. The maximum absolute atomic E-state index is 12.5. The molecule has 2 aromatic carbocycles. The molecule has 0 radical (unpaired) electrons. The van der Waals surface area contributed by atoms with Gasteiger partial charge in [-0.15, -0.1) is 0 Å². The predicted octanol–water partition coefficient (Wildman–Crippen LogP) is 4.35. The maximum Gasteiger partial charge on any atom is 0.257 e. The fourth-order valence-electron chi connectivity index (χ4n) is 2.48. The van der Waals surface area contributed by atoms with E-state index >= 15 is 0 Å². The van der Waals surface area contributed by atoms with Crippen LogP contribution in [0.3, 0.4) is 0 Å². The number of hydrogen-bond donors (Lipinski definition) is 2. The van der Waals surface area contributed by atoms with E-state index in [0.29, 0.717) is 40.7 Å². The van der Waals surface area contributed by atoms with Gasteiger partial charge in [-0.05, 0) is 43.3 Å². The van der Waals surface area contributed by atoms with Crippen LogP contribution in [-0.2, 0) is 0 Å². The first-order chi connectivity index (χ1) is 13.2. The number of amides is 1. The summed E-state index contributed by atoms with van der Waals surface area (Å²) in [6.45, 7) is 2.40. The van der Waals surface area contributed by atoms with Crippen LogP contribution >= 0.6 is 0 Å². The molecular weight excluding hydrogens is 340 g/mol. The Bertz CT molecular complexity index is 978. The van der Waals surface area contributed by atoms with Gasteiger partial charge in [-0.1, -0.05) is 24.3 Å². The van der Waals surface area contributed by atoms with E-state index < -0.39 is 0 Å². The standard InChI is InChI=1S/C21H18N4O2/c1-2-27-19-10-6-5-9-18(19)25-21(26)16-11-12-20(23-14-16)24-17-8-4-3-7-15(17)13-22/h3-12,14H,2H2,1H3,(H,23,24)(H,25,26). The number of carbonyl (C=O) groups excluding carboxylic acids is 1. The second-order valence-corrected chi connectivity index (χ2v) is 5.60. The van der Waals surface area contributed by atoms with Crippen LogP contribution in [0.2, 0.25) is 0 Å². The van der Waals surface area contributed by atoms with Crippen LogP contribution in [0.15, 0.2) is 66.9 Å². The molecule has 1 heterocycles. The van der Waals surface area contributed by atoms with E-state index in [9.17, 15) is 4.79 Å². The molecule has 6 heteroatoms. The van der Waals surface area contributed by atoms with Crippen molar-refractivity contribution >= 4 is 23.1 Å². The van der Waals surface area contributed by atoms with Crippen molar-refractivity contribution in [1.29, 1.82) is 5.26 Å². The molecule has 2 N–H and O–H groups in total. The summed E-state index contributed by atoms with van der Waals surface area (Å²) in [4.78, 5) is 16.7. The van der Waals surface area contributed by atoms with Crippen LogP contribution in [-0.4, -0.2) is 17.5 Å². The maximum atomic E-state index is 12.5. The molecule has 0 spiro atoms. The van der Waals surface area contributed by atoms with Crippen LogP contribution in [0.1, 0.15) is 22.8 Å². The summed E-state index contributed by atoms with van der Waals surface area (Å²) < 4.78 is 5.51. The molecule has 134 valence electrons. The number of nitrogens with one attached hydrogen (secondary N) is 2. The number of rotatable bonds is 6. The summed E-state index contributed by atoms with van der Waals surface area (Å²) in [6, 6.07) is 19.9. The predicted molar refractivity (Wildman–Crippen MR) is 104 cm³/mol. The van der Waals surface area contributed by atoms with E-state index in [4.69, 9.17) is 10.00 Å². The molecular formula is C21H18N4O2. The minimum Gasteiger partial charge on any atom is -0.492 e. The Hall–Kier alpha value is -3.85. The Morgan fingerprint density at radius 1 is 1.07 bits per heavy atom. The molecule has 3 rings (SSSR count). The highest BCUT2D eigenvalue weighted by Crippen LogP contribution is 2.24. The van der Waals surface area contributed by atoms with Crippen molar-refractivity contribution in [3.63, 3.8) is 0 Å². The molecule has 1 amide bonds. The quantitative estimate of drug-likeness (QED) is 0.684. The zero-order valence-corrected chi connectivity index (χ0v) is 14.8. The molecule has 0 saturated heterocycles. The summed E-state index contributed by atoms with van der Waals surface area (Å²) in [5.74, 6) is 0.885. The van der Waals surface area contributed by atoms with E-state index in [1.807, 2.05) is 25.1 Å². The van der Waals surface area contributed by atoms with Crippen LogP contribution in [0.5, 0.6) is 5.75 Å². The molecule has 0 aliphatic rings. The van der Waals surface area contributed by atoms with Gasteiger partial charge in [0.05, 0.1) is 29.1 Å². The van der Waals surface area contributed by atoms with Crippen LogP contribution in [0, 0.1) is 11.3 Å². The number of aromatic nitrogens is 1. The van der Waals surface area contributed by atoms with Gasteiger partial charge in [-0.25, -0.2) is 4.98 Å². The van der Waals surface area contributed by atoms with E-state index in [2.05, 4.69) is 21.7 Å². The first kappa shape index (κ1) is 18.0. The molecule has 27 heavy (non-hydrogen) atoms. The Kier molecular flexibility index (Phi) is 5.65. The summed E-state index contributed by atoms with van der Waals surface area (Å²) in [5.41, 5.74) is 2.21. The number of nitrogens with zero attached hydrogens (tertiary/aromatic N) is 2. The zero-order chi connectivity index (χ0) is 19.1. The lowest BCUT2D eigenvalue weighted by Gasteiger charge is -2.11. The highest BCUT2D eigenvalue weighted by molar-refractivity contribution is 6.04. The number of benzene rings is 2. The van der Waals surface area contributed by atoms with Gasteiger partial charge in [0, 0.05) is 6.20 Å². The lowest BCUT2D eigenvalue weighted by atomic mass is 10.2. The highest BCUT2D eigenvalue weighted by atomic mass is 16.5. The van der Waals surface area contributed by atoms with Gasteiger partial charge in [-0.3, -0.25) is 4.79 Å².